The summed E-state index contributed by atoms with van der Waals surface area (Å²) in [5.41, 5.74) is 0. The fourth-order valence-corrected chi connectivity index (χ4v) is 2.04. The SMILES string of the molecule is CC(CCn1cccn1)NCCCS(C)=O. The van der Waals surface area contributed by atoms with Crippen LogP contribution < -0.4 is 5.32 Å². The largest absolute Gasteiger partial charge is 0.314 e. The number of aromatic nitrogens is 2. The molecule has 1 rings (SSSR count). The highest BCUT2D eigenvalue weighted by atomic mass is 32.2. The highest BCUT2D eigenvalue weighted by molar-refractivity contribution is 7.84. The van der Waals surface area contributed by atoms with Gasteiger partial charge in [0.1, 0.15) is 0 Å². The van der Waals surface area contributed by atoms with Crippen molar-refractivity contribution in [3.63, 3.8) is 0 Å². The van der Waals surface area contributed by atoms with E-state index < -0.39 is 10.8 Å². The third-order valence-electron chi connectivity index (χ3n) is 2.45. The number of hydrogen-bond donors (Lipinski definition) is 1. The van der Waals surface area contributed by atoms with E-state index in [1.165, 1.54) is 0 Å². The zero-order valence-electron chi connectivity index (χ0n) is 10.1. The first-order chi connectivity index (χ1) is 7.68. The summed E-state index contributed by atoms with van der Waals surface area (Å²) in [5, 5.41) is 7.58. The highest BCUT2D eigenvalue weighted by Gasteiger charge is 2.01. The lowest BCUT2D eigenvalue weighted by Gasteiger charge is -2.13. The van der Waals surface area contributed by atoms with Gasteiger partial charge in [0.2, 0.25) is 0 Å². The van der Waals surface area contributed by atoms with Crippen molar-refractivity contribution in [1.29, 1.82) is 0 Å². The lowest BCUT2D eigenvalue weighted by atomic mass is 10.2. The third kappa shape index (κ3) is 6.02. The standard InChI is InChI=1S/C11H21N3OS/c1-11(12-6-4-10-16(2)15)5-9-14-8-3-7-13-14/h3,7-8,11-12H,4-6,9-10H2,1-2H3. The lowest BCUT2D eigenvalue weighted by molar-refractivity contribution is 0.459. The maximum atomic E-state index is 10.8. The van der Waals surface area contributed by atoms with Crippen LogP contribution in [0.25, 0.3) is 0 Å². The van der Waals surface area contributed by atoms with Gasteiger partial charge in [0, 0.05) is 47.8 Å². The van der Waals surface area contributed by atoms with Gasteiger partial charge in [0.25, 0.3) is 0 Å². The van der Waals surface area contributed by atoms with Crippen LogP contribution in [0.1, 0.15) is 19.8 Å². The van der Waals surface area contributed by atoms with Gasteiger partial charge < -0.3 is 5.32 Å². The number of nitrogens with one attached hydrogen (secondary N) is 1. The molecule has 0 amide bonds. The highest BCUT2D eigenvalue weighted by Crippen LogP contribution is 1.95. The Morgan fingerprint density at radius 2 is 2.38 bits per heavy atom. The maximum Gasteiger partial charge on any atom is 0.0489 e. The average molecular weight is 243 g/mol. The molecule has 92 valence electrons. The van der Waals surface area contributed by atoms with E-state index in [0.717, 1.165) is 31.7 Å². The van der Waals surface area contributed by atoms with Gasteiger partial charge >= 0.3 is 0 Å². The number of aryl methyl sites for hydroxylation is 1. The minimum atomic E-state index is -0.662. The fraction of sp³-hybridized carbons (Fsp3) is 0.727. The molecule has 1 aromatic heterocycles. The molecule has 0 saturated carbocycles. The van der Waals surface area contributed by atoms with E-state index >= 15 is 0 Å². The van der Waals surface area contributed by atoms with Gasteiger partial charge in [0.05, 0.1) is 0 Å². The maximum absolute atomic E-state index is 10.8. The molecule has 16 heavy (non-hydrogen) atoms. The van der Waals surface area contributed by atoms with Crippen LogP contribution in [0.4, 0.5) is 0 Å². The van der Waals surface area contributed by atoms with E-state index in [9.17, 15) is 4.21 Å². The van der Waals surface area contributed by atoms with Crippen LogP contribution >= 0.6 is 0 Å². The summed E-state index contributed by atoms with van der Waals surface area (Å²) in [4.78, 5) is 0. The van der Waals surface area contributed by atoms with Crippen LogP contribution in [0, 0.1) is 0 Å². The second-order valence-electron chi connectivity index (χ2n) is 4.04. The molecule has 5 heteroatoms. The number of rotatable bonds is 8. The molecule has 4 nitrogen and oxygen atoms in total. The van der Waals surface area contributed by atoms with Gasteiger partial charge in [-0.25, -0.2) is 0 Å². The van der Waals surface area contributed by atoms with Crippen molar-refractivity contribution in [2.75, 3.05) is 18.6 Å². The molecular weight excluding hydrogens is 222 g/mol. The minimum Gasteiger partial charge on any atom is -0.314 e. The smallest absolute Gasteiger partial charge is 0.0489 e. The van der Waals surface area contributed by atoms with Crippen LogP contribution in [-0.2, 0) is 17.3 Å². The molecule has 0 saturated heterocycles. The molecule has 0 fully saturated rings. The Morgan fingerprint density at radius 3 is 3.00 bits per heavy atom. The van der Waals surface area contributed by atoms with Gasteiger partial charge in [-0.05, 0) is 32.4 Å². The molecule has 0 aliphatic rings. The third-order valence-corrected chi connectivity index (χ3v) is 3.32. The zero-order valence-corrected chi connectivity index (χ0v) is 10.9. The van der Waals surface area contributed by atoms with Crippen molar-refractivity contribution in [1.82, 2.24) is 15.1 Å². The Hall–Kier alpha value is -0.680. The minimum absolute atomic E-state index is 0.481. The molecule has 1 aromatic rings. The van der Waals surface area contributed by atoms with Gasteiger partial charge in [-0.15, -0.1) is 0 Å². The second kappa shape index (κ2) is 7.57. The molecule has 0 aliphatic heterocycles. The Bertz CT molecular complexity index is 300. The summed E-state index contributed by atoms with van der Waals surface area (Å²) >= 11 is 0. The van der Waals surface area contributed by atoms with Crippen molar-refractivity contribution < 1.29 is 4.21 Å². The molecule has 0 spiro atoms. The van der Waals surface area contributed by atoms with Crippen molar-refractivity contribution in [2.24, 2.45) is 0 Å². The van der Waals surface area contributed by atoms with Crippen molar-refractivity contribution in [3.8, 4) is 0 Å². The Labute approximate surface area is 99.9 Å². The van der Waals surface area contributed by atoms with Crippen LogP contribution in [0.5, 0.6) is 0 Å². The molecule has 0 aromatic carbocycles. The lowest BCUT2D eigenvalue weighted by Crippen LogP contribution is -2.29. The van der Waals surface area contributed by atoms with Crippen molar-refractivity contribution >= 4 is 10.8 Å². The quantitative estimate of drug-likeness (QED) is 0.693. The van der Waals surface area contributed by atoms with Crippen LogP contribution in [-0.4, -0.2) is 38.6 Å². The van der Waals surface area contributed by atoms with E-state index in [1.807, 2.05) is 16.9 Å². The summed E-state index contributed by atoms with van der Waals surface area (Å²) in [6.45, 7) is 4.06. The number of hydrogen-bond acceptors (Lipinski definition) is 3. The Morgan fingerprint density at radius 1 is 1.56 bits per heavy atom. The Kier molecular flexibility index (Phi) is 6.33. The predicted octanol–water partition coefficient (Wildman–Crippen LogP) is 1.02. The molecule has 0 bridgehead atoms. The van der Waals surface area contributed by atoms with Gasteiger partial charge in [-0.2, -0.15) is 5.10 Å². The first kappa shape index (κ1) is 13.4. The molecule has 1 heterocycles. The molecule has 2 unspecified atom stereocenters. The van der Waals surface area contributed by atoms with E-state index in [0.29, 0.717) is 6.04 Å². The molecule has 0 radical (unpaired) electrons. The van der Waals surface area contributed by atoms with Gasteiger partial charge in [-0.3, -0.25) is 8.89 Å². The molecule has 1 N–H and O–H groups in total. The van der Waals surface area contributed by atoms with Crippen LogP contribution in [0.3, 0.4) is 0 Å². The Balaban J connectivity index is 2.02. The summed E-state index contributed by atoms with van der Waals surface area (Å²) in [7, 11) is -0.662. The molecule has 0 aliphatic carbocycles. The summed E-state index contributed by atoms with van der Waals surface area (Å²) < 4.78 is 12.8. The molecular formula is C11H21N3OS. The molecule has 2 atom stereocenters. The summed E-state index contributed by atoms with van der Waals surface area (Å²) in [6.07, 6.45) is 7.58. The average Bonchev–Trinajstić information content (AvgIpc) is 2.74. The van der Waals surface area contributed by atoms with Crippen LogP contribution in [0.2, 0.25) is 0 Å². The van der Waals surface area contributed by atoms with E-state index in [4.69, 9.17) is 0 Å². The van der Waals surface area contributed by atoms with E-state index in [-0.39, 0.29) is 0 Å². The normalized spacial score (nSPS) is 14.9. The second-order valence-corrected chi connectivity index (χ2v) is 5.60. The zero-order chi connectivity index (χ0) is 11.8. The number of nitrogens with zero attached hydrogens (tertiary/aromatic N) is 2. The van der Waals surface area contributed by atoms with Crippen molar-refractivity contribution in [3.05, 3.63) is 18.5 Å². The summed E-state index contributed by atoms with van der Waals surface area (Å²) in [5.74, 6) is 0.791. The summed E-state index contributed by atoms with van der Waals surface area (Å²) in [6, 6.07) is 2.42. The monoisotopic (exact) mass is 243 g/mol. The first-order valence-corrected chi connectivity index (χ1v) is 7.42. The van der Waals surface area contributed by atoms with Crippen LogP contribution in [0.15, 0.2) is 18.5 Å². The van der Waals surface area contributed by atoms with E-state index in [1.54, 1.807) is 12.5 Å². The van der Waals surface area contributed by atoms with Gasteiger partial charge in [0.15, 0.2) is 0 Å². The fourth-order valence-electron chi connectivity index (χ4n) is 1.48. The van der Waals surface area contributed by atoms with Gasteiger partial charge in [-0.1, -0.05) is 0 Å². The predicted molar refractivity (Wildman–Crippen MR) is 67.9 cm³/mol. The first-order valence-electron chi connectivity index (χ1n) is 5.69. The topological polar surface area (TPSA) is 46.9 Å². The van der Waals surface area contributed by atoms with E-state index in [2.05, 4.69) is 17.3 Å². The van der Waals surface area contributed by atoms with Crippen molar-refractivity contribution in [2.45, 2.75) is 32.4 Å².